The normalized spacial score (nSPS) is 10.6. The SMILES string of the molecule is CN(C)CCNCc1ccc(OCC(N)=O)cc1. The summed E-state index contributed by atoms with van der Waals surface area (Å²) in [7, 11) is 4.10. The highest BCUT2D eigenvalue weighted by molar-refractivity contribution is 5.75. The van der Waals surface area contributed by atoms with Crippen LogP contribution in [0, 0.1) is 0 Å². The number of primary amides is 1. The zero-order valence-corrected chi connectivity index (χ0v) is 11.0. The number of benzene rings is 1. The van der Waals surface area contributed by atoms with Crippen LogP contribution in [0.5, 0.6) is 5.75 Å². The number of rotatable bonds is 8. The van der Waals surface area contributed by atoms with Crippen LogP contribution in [0.1, 0.15) is 5.56 Å². The van der Waals surface area contributed by atoms with Crippen molar-refractivity contribution in [1.29, 1.82) is 0 Å². The van der Waals surface area contributed by atoms with Crippen LogP contribution in [0.4, 0.5) is 0 Å². The first-order chi connectivity index (χ1) is 8.58. The molecule has 0 atom stereocenters. The van der Waals surface area contributed by atoms with Gasteiger partial charge < -0.3 is 20.7 Å². The molecule has 0 aliphatic rings. The molecule has 100 valence electrons. The van der Waals surface area contributed by atoms with Gasteiger partial charge in [0.25, 0.3) is 5.91 Å². The first-order valence-corrected chi connectivity index (χ1v) is 5.93. The zero-order valence-electron chi connectivity index (χ0n) is 11.0. The smallest absolute Gasteiger partial charge is 0.255 e. The van der Waals surface area contributed by atoms with Gasteiger partial charge in [0, 0.05) is 19.6 Å². The van der Waals surface area contributed by atoms with Gasteiger partial charge in [-0.25, -0.2) is 0 Å². The molecule has 0 saturated carbocycles. The summed E-state index contributed by atoms with van der Waals surface area (Å²) in [6, 6.07) is 7.62. The predicted octanol–water partition coefficient (Wildman–Crippen LogP) is 0.202. The number of amides is 1. The highest BCUT2D eigenvalue weighted by Gasteiger charge is 1.98. The Labute approximate surface area is 108 Å². The summed E-state index contributed by atoms with van der Waals surface area (Å²) in [5.41, 5.74) is 6.18. The van der Waals surface area contributed by atoms with Gasteiger partial charge in [-0.1, -0.05) is 12.1 Å². The van der Waals surface area contributed by atoms with E-state index in [1.807, 2.05) is 38.4 Å². The summed E-state index contributed by atoms with van der Waals surface area (Å²) in [5, 5.41) is 3.35. The second-order valence-electron chi connectivity index (χ2n) is 4.38. The molecule has 0 aliphatic heterocycles. The number of ether oxygens (including phenoxy) is 1. The molecule has 1 aromatic rings. The molecule has 0 unspecified atom stereocenters. The lowest BCUT2D eigenvalue weighted by Gasteiger charge is -2.10. The third-order valence-corrected chi connectivity index (χ3v) is 2.37. The maximum absolute atomic E-state index is 10.6. The molecule has 0 fully saturated rings. The second-order valence-corrected chi connectivity index (χ2v) is 4.38. The van der Waals surface area contributed by atoms with Crippen molar-refractivity contribution in [2.45, 2.75) is 6.54 Å². The molecular formula is C13H21N3O2. The van der Waals surface area contributed by atoms with Crippen LogP contribution in [-0.4, -0.2) is 44.6 Å². The molecule has 1 amide bonds. The van der Waals surface area contributed by atoms with Crippen molar-refractivity contribution in [1.82, 2.24) is 10.2 Å². The molecular weight excluding hydrogens is 230 g/mol. The van der Waals surface area contributed by atoms with Gasteiger partial charge in [0.1, 0.15) is 5.75 Å². The fourth-order valence-corrected chi connectivity index (χ4v) is 1.39. The van der Waals surface area contributed by atoms with E-state index in [1.165, 1.54) is 5.56 Å². The van der Waals surface area contributed by atoms with E-state index in [0.29, 0.717) is 5.75 Å². The Kier molecular flexibility index (Phi) is 6.18. The lowest BCUT2D eigenvalue weighted by molar-refractivity contribution is -0.119. The van der Waals surface area contributed by atoms with Gasteiger partial charge in [-0.05, 0) is 31.8 Å². The van der Waals surface area contributed by atoms with E-state index in [2.05, 4.69) is 10.2 Å². The maximum atomic E-state index is 10.6. The highest BCUT2D eigenvalue weighted by atomic mass is 16.5. The standard InChI is InChI=1S/C13H21N3O2/c1-16(2)8-7-15-9-11-3-5-12(6-4-11)18-10-13(14)17/h3-6,15H,7-10H2,1-2H3,(H2,14,17). The van der Waals surface area contributed by atoms with Gasteiger partial charge in [-0.2, -0.15) is 0 Å². The molecule has 0 aromatic heterocycles. The van der Waals surface area contributed by atoms with Gasteiger partial charge in [-0.15, -0.1) is 0 Å². The van der Waals surface area contributed by atoms with Crippen LogP contribution < -0.4 is 15.8 Å². The lowest BCUT2D eigenvalue weighted by atomic mass is 10.2. The van der Waals surface area contributed by atoms with Crippen molar-refractivity contribution in [3.8, 4) is 5.75 Å². The maximum Gasteiger partial charge on any atom is 0.255 e. The molecule has 0 bridgehead atoms. The Hall–Kier alpha value is -1.59. The molecule has 0 aliphatic carbocycles. The summed E-state index contributed by atoms with van der Waals surface area (Å²) < 4.78 is 5.18. The van der Waals surface area contributed by atoms with Gasteiger partial charge in [0.15, 0.2) is 6.61 Å². The molecule has 0 radical (unpaired) electrons. The van der Waals surface area contributed by atoms with Crippen LogP contribution in [0.2, 0.25) is 0 Å². The summed E-state index contributed by atoms with van der Waals surface area (Å²) in [4.78, 5) is 12.7. The van der Waals surface area contributed by atoms with Crippen molar-refractivity contribution >= 4 is 5.91 Å². The molecule has 0 heterocycles. The van der Waals surface area contributed by atoms with Crippen LogP contribution in [0.25, 0.3) is 0 Å². The number of carbonyl (C=O) groups excluding carboxylic acids is 1. The minimum Gasteiger partial charge on any atom is -0.484 e. The average molecular weight is 251 g/mol. The van der Waals surface area contributed by atoms with E-state index in [1.54, 1.807) is 0 Å². The van der Waals surface area contributed by atoms with E-state index in [-0.39, 0.29) is 6.61 Å². The van der Waals surface area contributed by atoms with E-state index in [0.717, 1.165) is 19.6 Å². The van der Waals surface area contributed by atoms with Crippen LogP contribution in [0.3, 0.4) is 0 Å². The van der Waals surface area contributed by atoms with Crippen LogP contribution in [-0.2, 0) is 11.3 Å². The predicted molar refractivity (Wildman–Crippen MR) is 71.4 cm³/mol. The van der Waals surface area contributed by atoms with Crippen molar-refractivity contribution in [2.75, 3.05) is 33.8 Å². The third kappa shape index (κ3) is 6.22. The van der Waals surface area contributed by atoms with E-state index in [4.69, 9.17) is 10.5 Å². The van der Waals surface area contributed by atoms with Crippen LogP contribution in [0.15, 0.2) is 24.3 Å². The largest absolute Gasteiger partial charge is 0.484 e. The first-order valence-electron chi connectivity index (χ1n) is 5.93. The molecule has 3 N–H and O–H groups in total. The van der Waals surface area contributed by atoms with Crippen molar-refractivity contribution < 1.29 is 9.53 Å². The molecule has 18 heavy (non-hydrogen) atoms. The number of likely N-dealkylation sites (N-methyl/N-ethyl adjacent to an activating group) is 1. The molecule has 0 saturated heterocycles. The Bertz CT molecular complexity index is 363. The van der Waals surface area contributed by atoms with E-state index >= 15 is 0 Å². The molecule has 1 aromatic carbocycles. The van der Waals surface area contributed by atoms with Gasteiger partial charge in [-0.3, -0.25) is 4.79 Å². The van der Waals surface area contributed by atoms with E-state index in [9.17, 15) is 4.79 Å². The van der Waals surface area contributed by atoms with Crippen LogP contribution >= 0.6 is 0 Å². The summed E-state index contributed by atoms with van der Waals surface area (Å²) in [6.07, 6.45) is 0. The third-order valence-electron chi connectivity index (χ3n) is 2.37. The Balaban J connectivity index is 2.29. The topological polar surface area (TPSA) is 67.6 Å². The number of nitrogens with zero attached hydrogens (tertiary/aromatic N) is 1. The number of carbonyl (C=O) groups is 1. The Morgan fingerprint density at radius 2 is 2.00 bits per heavy atom. The average Bonchev–Trinajstić information content (AvgIpc) is 2.33. The Morgan fingerprint density at radius 1 is 1.33 bits per heavy atom. The summed E-state index contributed by atoms with van der Waals surface area (Å²) in [5.74, 6) is 0.190. The summed E-state index contributed by atoms with van der Waals surface area (Å²) >= 11 is 0. The highest BCUT2D eigenvalue weighted by Crippen LogP contribution is 2.11. The van der Waals surface area contributed by atoms with E-state index < -0.39 is 5.91 Å². The van der Waals surface area contributed by atoms with Crippen molar-refractivity contribution in [2.24, 2.45) is 5.73 Å². The second kappa shape index (κ2) is 7.68. The van der Waals surface area contributed by atoms with Gasteiger partial charge in [0.05, 0.1) is 0 Å². The van der Waals surface area contributed by atoms with Gasteiger partial charge >= 0.3 is 0 Å². The fourth-order valence-electron chi connectivity index (χ4n) is 1.39. The van der Waals surface area contributed by atoms with Crippen molar-refractivity contribution in [3.05, 3.63) is 29.8 Å². The molecule has 5 heteroatoms. The number of hydrogen-bond acceptors (Lipinski definition) is 4. The summed E-state index contributed by atoms with van der Waals surface area (Å²) in [6.45, 7) is 2.71. The number of hydrogen-bond donors (Lipinski definition) is 2. The van der Waals surface area contributed by atoms with Gasteiger partial charge in [0.2, 0.25) is 0 Å². The molecule has 0 spiro atoms. The van der Waals surface area contributed by atoms with Crippen molar-refractivity contribution in [3.63, 3.8) is 0 Å². The number of nitrogens with one attached hydrogen (secondary N) is 1. The minimum absolute atomic E-state index is 0.0829. The zero-order chi connectivity index (χ0) is 13.4. The number of nitrogens with two attached hydrogens (primary N) is 1. The lowest BCUT2D eigenvalue weighted by Crippen LogP contribution is -2.26. The fraction of sp³-hybridized carbons (Fsp3) is 0.462. The Morgan fingerprint density at radius 3 is 2.56 bits per heavy atom. The quantitative estimate of drug-likeness (QED) is 0.648. The monoisotopic (exact) mass is 251 g/mol. The first kappa shape index (κ1) is 14.5. The minimum atomic E-state index is -0.468. The molecule has 1 rings (SSSR count). The molecule has 5 nitrogen and oxygen atoms in total.